The normalized spacial score (nSPS) is 10.9. The number of anilines is 1. The SMILES string of the molecule is CCN(CC)C(=O)Oc1ccc2c(ccn2Cc2ccc(C)cc2)c1NC(=O)CSc1ccccc1. The molecule has 7 heteroatoms. The Kier molecular flexibility index (Phi) is 8.33. The molecule has 0 spiro atoms. The molecule has 0 saturated heterocycles. The van der Waals surface area contributed by atoms with Crippen molar-refractivity contribution >= 4 is 40.4 Å². The number of benzene rings is 3. The lowest BCUT2D eigenvalue weighted by molar-refractivity contribution is -0.113. The van der Waals surface area contributed by atoms with E-state index in [0.717, 1.165) is 15.8 Å². The van der Waals surface area contributed by atoms with Gasteiger partial charge >= 0.3 is 6.09 Å². The number of carbonyl (C=O) groups is 2. The van der Waals surface area contributed by atoms with E-state index in [9.17, 15) is 9.59 Å². The fourth-order valence-corrected chi connectivity index (χ4v) is 4.70. The van der Waals surface area contributed by atoms with Crippen molar-refractivity contribution in [2.24, 2.45) is 0 Å². The van der Waals surface area contributed by atoms with E-state index in [0.29, 0.717) is 31.1 Å². The molecule has 0 unspecified atom stereocenters. The molecule has 0 bridgehead atoms. The van der Waals surface area contributed by atoms with Crippen LogP contribution in [0.25, 0.3) is 10.9 Å². The Labute approximate surface area is 216 Å². The number of carbonyl (C=O) groups excluding carboxylic acids is 2. The lowest BCUT2D eigenvalue weighted by atomic mass is 10.1. The quantitative estimate of drug-likeness (QED) is 0.264. The van der Waals surface area contributed by atoms with Crippen molar-refractivity contribution in [1.29, 1.82) is 0 Å². The maximum Gasteiger partial charge on any atom is 0.415 e. The Balaban J connectivity index is 1.63. The zero-order valence-corrected chi connectivity index (χ0v) is 21.7. The molecule has 1 aromatic heterocycles. The fourth-order valence-electron chi connectivity index (χ4n) is 3.98. The molecule has 6 nitrogen and oxygen atoms in total. The third-order valence-corrected chi connectivity index (χ3v) is 7.00. The number of hydrogen-bond donors (Lipinski definition) is 1. The van der Waals surface area contributed by atoms with Gasteiger partial charge in [-0.25, -0.2) is 4.79 Å². The summed E-state index contributed by atoms with van der Waals surface area (Å²) in [6.07, 6.45) is 1.56. The number of aryl methyl sites for hydroxylation is 1. The Morgan fingerprint density at radius 3 is 2.36 bits per heavy atom. The van der Waals surface area contributed by atoms with Crippen LogP contribution in [0.4, 0.5) is 10.5 Å². The van der Waals surface area contributed by atoms with E-state index >= 15 is 0 Å². The van der Waals surface area contributed by atoms with Gasteiger partial charge < -0.3 is 19.5 Å². The zero-order valence-electron chi connectivity index (χ0n) is 20.9. The number of nitrogens with one attached hydrogen (secondary N) is 1. The highest BCUT2D eigenvalue weighted by Crippen LogP contribution is 2.35. The Bertz CT molecular complexity index is 1330. The van der Waals surface area contributed by atoms with Crippen molar-refractivity contribution in [3.63, 3.8) is 0 Å². The summed E-state index contributed by atoms with van der Waals surface area (Å²) >= 11 is 1.46. The van der Waals surface area contributed by atoms with Gasteiger partial charge in [-0.1, -0.05) is 48.0 Å². The summed E-state index contributed by atoms with van der Waals surface area (Å²) in [7, 11) is 0. The predicted molar refractivity (Wildman–Crippen MR) is 147 cm³/mol. The van der Waals surface area contributed by atoms with Crippen LogP contribution in [0.1, 0.15) is 25.0 Å². The molecular weight excluding hydrogens is 470 g/mol. The van der Waals surface area contributed by atoms with Gasteiger partial charge in [0, 0.05) is 36.1 Å². The standard InChI is InChI=1S/C29H31N3O3S/c1-4-31(5-2)29(34)35-26-16-15-25-24(17-18-32(25)19-22-13-11-21(3)12-14-22)28(26)30-27(33)20-36-23-9-7-6-8-10-23/h6-18H,4-5,19-20H2,1-3H3,(H,30,33). The monoisotopic (exact) mass is 501 g/mol. The van der Waals surface area contributed by atoms with Gasteiger partial charge in [-0.3, -0.25) is 4.79 Å². The number of hydrogen-bond acceptors (Lipinski definition) is 4. The maximum atomic E-state index is 13.0. The van der Waals surface area contributed by atoms with Crippen LogP contribution >= 0.6 is 11.8 Å². The van der Waals surface area contributed by atoms with Gasteiger partial charge in [0.2, 0.25) is 5.91 Å². The Morgan fingerprint density at radius 2 is 1.67 bits per heavy atom. The summed E-state index contributed by atoms with van der Waals surface area (Å²) in [6, 6.07) is 23.9. The van der Waals surface area contributed by atoms with E-state index in [1.165, 1.54) is 22.9 Å². The van der Waals surface area contributed by atoms with Crippen LogP contribution in [0.2, 0.25) is 0 Å². The van der Waals surface area contributed by atoms with Crippen molar-refractivity contribution in [2.75, 3.05) is 24.2 Å². The Hall–Kier alpha value is -3.71. The molecule has 3 aromatic carbocycles. The van der Waals surface area contributed by atoms with Crippen LogP contribution in [-0.4, -0.2) is 40.3 Å². The number of rotatable bonds is 9. The molecule has 1 N–H and O–H groups in total. The van der Waals surface area contributed by atoms with Gasteiger partial charge in [-0.05, 0) is 56.7 Å². The molecular formula is C29H31N3O3S. The van der Waals surface area contributed by atoms with Gasteiger partial charge in [-0.2, -0.15) is 0 Å². The minimum Gasteiger partial charge on any atom is -0.408 e. The number of ether oxygens (including phenoxy) is 1. The van der Waals surface area contributed by atoms with Crippen LogP contribution in [0, 0.1) is 6.92 Å². The molecule has 4 aromatic rings. The highest BCUT2D eigenvalue weighted by atomic mass is 32.2. The molecule has 0 aliphatic heterocycles. The summed E-state index contributed by atoms with van der Waals surface area (Å²) in [5.74, 6) is 0.418. The van der Waals surface area contributed by atoms with Gasteiger partial charge in [-0.15, -0.1) is 11.8 Å². The number of amides is 2. The predicted octanol–water partition coefficient (Wildman–Crippen LogP) is 6.57. The first-order valence-electron chi connectivity index (χ1n) is 12.1. The van der Waals surface area contributed by atoms with Crippen molar-refractivity contribution in [3.8, 4) is 5.75 Å². The fraction of sp³-hybridized carbons (Fsp3) is 0.241. The van der Waals surface area contributed by atoms with Crippen LogP contribution in [0.5, 0.6) is 5.75 Å². The van der Waals surface area contributed by atoms with Crippen LogP contribution in [0.3, 0.4) is 0 Å². The molecule has 2 amide bonds. The average molecular weight is 502 g/mol. The highest BCUT2D eigenvalue weighted by molar-refractivity contribution is 8.00. The summed E-state index contributed by atoms with van der Waals surface area (Å²) < 4.78 is 7.89. The molecule has 0 atom stereocenters. The van der Waals surface area contributed by atoms with E-state index in [2.05, 4.69) is 41.1 Å². The van der Waals surface area contributed by atoms with E-state index in [4.69, 9.17) is 4.74 Å². The summed E-state index contributed by atoms with van der Waals surface area (Å²) in [4.78, 5) is 28.3. The third-order valence-electron chi connectivity index (χ3n) is 5.98. The van der Waals surface area contributed by atoms with Crippen LogP contribution < -0.4 is 10.1 Å². The lowest BCUT2D eigenvalue weighted by Gasteiger charge is -2.20. The second-order valence-electron chi connectivity index (χ2n) is 8.49. The second kappa shape index (κ2) is 11.8. The highest BCUT2D eigenvalue weighted by Gasteiger charge is 2.19. The number of aromatic nitrogens is 1. The molecule has 4 rings (SSSR count). The van der Waals surface area contributed by atoms with Gasteiger partial charge in [0.25, 0.3) is 0 Å². The van der Waals surface area contributed by atoms with Gasteiger partial charge in [0.05, 0.1) is 17.0 Å². The van der Waals surface area contributed by atoms with Gasteiger partial charge in [0.15, 0.2) is 5.75 Å². The largest absolute Gasteiger partial charge is 0.415 e. The Morgan fingerprint density at radius 1 is 0.944 bits per heavy atom. The van der Waals surface area contributed by atoms with Gasteiger partial charge in [0.1, 0.15) is 0 Å². The molecule has 186 valence electrons. The molecule has 0 aliphatic carbocycles. The van der Waals surface area contributed by atoms with E-state index in [-0.39, 0.29) is 11.7 Å². The van der Waals surface area contributed by atoms with E-state index in [1.54, 1.807) is 11.0 Å². The van der Waals surface area contributed by atoms with Crippen molar-refractivity contribution < 1.29 is 14.3 Å². The minimum atomic E-state index is -0.437. The van der Waals surface area contributed by atoms with E-state index < -0.39 is 6.09 Å². The van der Waals surface area contributed by atoms with Crippen molar-refractivity contribution in [3.05, 3.63) is 90.1 Å². The molecule has 0 saturated carbocycles. The molecule has 0 aliphatic rings. The summed E-state index contributed by atoms with van der Waals surface area (Å²) in [6.45, 7) is 7.66. The first-order chi connectivity index (χ1) is 17.5. The number of nitrogens with zero attached hydrogens (tertiary/aromatic N) is 2. The number of fused-ring (bicyclic) bond motifs is 1. The maximum absolute atomic E-state index is 13.0. The summed E-state index contributed by atoms with van der Waals surface area (Å²) in [5.41, 5.74) is 3.85. The first kappa shape index (κ1) is 25.4. The molecule has 0 fully saturated rings. The summed E-state index contributed by atoms with van der Waals surface area (Å²) in [5, 5.41) is 3.84. The van der Waals surface area contributed by atoms with Crippen LogP contribution in [0.15, 0.2) is 83.9 Å². The lowest BCUT2D eigenvalue weighted by Crippen LogP contribution is -2.33. The number of thioether (sulfide) groups is 1. The molecule has 1 heterocycles. The van der Waals surface area contributed by atoms with E-state index in [1.807, 2.05) is 62.5 Å². The zero-order chi connectivity index (χ0) is 25.5. The van der Waals surface area contributed by atoms with Crippen LogP contribution in [-0.2, 0) is 11.3 Å². The third kappa shape index (κ3) is 6.10. The molecule has 0 radical (unpaired) electrons. The van der Waals surface area contributed by atoms with Crippen molar-refractivity contribution in [1.82, 2.24) is 9.47 Å². The first-order valence-corrected chi connectivity index (χ1v) is 13.1. The topological polar surface area (TPSA) is 63.6 Å². The minimum absolute atomic E-state index is 0.164. The smallest absolute Gasteiger partial charge is 0.408 e. The average Bonchev–Trinajstić information content (AvgIpc) is 3.29. The molecule has 36 heavy (non-hydrogen) atoms. The second-order valence-corrected chi connectivity index (χ2v) is 9.54. The van der Waals surface area contributed by atoms with Crippen molar-refractivity contribution in [2.45, 2.75) is 32.2 Å².